The molecule has 0 aliphatic rings. The molecule has 0 unspecified atom stereocenters. The minimum absolute atomic E-state index is 0.0532. The normalized spacial score (nSPS) is 11.1. The van der Waals surface area contributed by atoms with Crippen molar-refractivity contribution in [2.45, 2.75) is 13.1 Å². The van der Waals surface area contributed by atoms with Crippen molar-refractivity contribution in [3.8, 4) is 11.5 Å². The van der Waals surface area contributed by atoms with Gasteiger partial charge in [0.05, 0.1) is 36.6 Å². The van der Waals surface area contributed by atoms with E-state index < -0.39 is 17.3 Å². The summed E-state index contributed by atoms with van der Waals surface area (Å²) in [6.07, 6.45) is 1.70. The molecule has 0 aliphatic carbocycles. The van der Waals surface area contributed by atoms with E-state index in [9.17, 15) is 19.8 Å². The average molecular weight is 412 g/mol. The van der Waals surface area contributed by atoms with E-state index in [4.69, 9.17) is 4.74 Å². The maximum atomic E-state index is 12.6. The van der Waals surface area contributed by atoms with Gasteiger partial charge in [-0.1, -0.05) is 17.3 Å². The van der Waals surface area contributed by atoms with Gasteiger partial charge in [-0.15, -0.1) is 16.4 Å². The van der Waals surface area contributed by atoms with Crippen LogP contribution in [0.3, 0.4) is 0 Å². The Labute approximate surface area is 168 Å². The number of thiophene rings is 1. The number of benzene rings is 1. The lowest BCUT2D eigenvalue weighted by molar-refractivity contribution is 0.0695. The molecule has 4 aromatic rings. The zero-order valence-electron chi connectivity index (χ0n) is 15.3. The molecule has 29 heavy (non-hydrogen) atoms. The van der Waals surface area contributed by atoms with E-state index in [1.54, 1.807) is 29.4 Å². The van der Waals surface area contributed by atoms with Gasteiger partial charge in [0.15, 0.2) is 5.75 Å². The van der Waals surface area contributed by atoms with Crippen LogP contribution in [0.2, 0.25) is 0 Å². The number of aromatic carboxylic acids is 1. The van der Waals surface area contributed by atoms with Crippen LogP contribution < -0.4 is 10.3 Å². The molecule has 0 amide bonds. The number of pyridine rings is 1. The molecule has 3 heterocycles. The molecule has 0 fully saturated rings. The van der Waals surface area contributed by atoms with Crippen LogP contribution in [0.5, 0.6) is 11.5 Å². The molecule has 0 saturated heterocycles. The second-order valence-electron chi connectivity index (χ2n) is 6.31. The summed E-state index contributed by atoms with van der Waals surface area (Å²) in [4.78, 5) is 24.0. The molecule has 148 valence electrons. The fourth-order valence-corrected chi connectivity index (χ4v) is 4.05. The second-order valence-corrected chi connectivity index (χ2v) is 7.23. The van der Waals surface area contributed by atoms with Crippen molar-refractivity contribution in [2.24, 2.45) is 0 Å². The summed E-state index contributed by atoms with van der Waals surface area (Å²) in [5, 5.41) is 29.3. The van der Waals surface area contributed by atoms with E-state index in [1.165, 1.54) is 4.57 Å². The van der Waals surface area contributed by atoms with Crippen molar-refractivity contribution in [2.75, 3.05) is 7.11 Å². The first-order chi connectivity index (χ1) is 14.0. The van der Waals surface area contributed by atoms with Gasteiger partial charge in [0.1, 0.15) is 17.0 Å². The van der Waals surface area contributed by atoms with E-state index in [2.05, 4.69) is 10.3 Å². The van der Waals surface area contributed by atoms with Crippen molar-refractivity contribution < 1.29 is 19.7 Å². The third-order valence-corrected chi connectivity index (χ3v) is 5.37. The first-order valence-electron chi connectivity index (χ1n) is 8.56. The van der Waals surface area contributed by atoms with Gasteiger partial charge in [-0.2, -0.15) is 0 Å². The molecule has 0 atom stereocenters. The molecule has 1 aromatic carbocycles. The number of fused-ring (bicyclic) bond motifs is 1. The van der Waals surface area contributed by atoms with E-state index in [0.29, 0.717) is 22.5 Å². The topological polar surface area (TPSA) is 119 Å². The highest BCUT2D eigenvalue weighted by Gasteiger charge is 2.22. The Bertz CT molecular complexity index is 1270. The maximum absolute atomic E-state index is 12.6. The van der Waals surface area contributed by atoms with E-state index in [-0.39, 0.29) is 12.1 Å². The number of carboxylic acids is 1. The first kappa shape index (κ1) is 18.7. The van der Waals surface area contributed by atoms with Crippen LogP contribution in [0.15, 0.2) is 46.7 Å². The van der Waals surface area contributed by atoms with Gasteiger partial charge in [0, 0.05) is 0 Å². The van der Waals surface area contributed by atoms with Crippen LogP contribution in [0.4, 0.5) is 0 Å². The Morgan fingerprint density at radius 2 is 2.10 bits per heavy atom. The third-order valence-electron chi connectivity index (χ3n) is 4.45. The first-order valence-corrected chi connectivity index (χ1v) is 9.44. The number of methoxy groups -OCH3 is 1. The zero-order chi connectivity index (χ0) is 20.5. The number of aromatic hydroxyl groups is 1. The Morgan fingerprint density at radius 3 is 2.86 bits per heavy atom. The summed E-state index contributed by atoms with van der Waals surface area (Å²) >= 11 is 1.15. The van der Waals surface area contributed by atoms with Gasteiger partial charge >= 0.3 is 5.97 Å². The SMILES string of the molecule is COc1cccc(Cn2cc(Cn3c(=O)c(O)c(C(=O)O)c4sccc43)nn2)c1. The van der Waals surface area contributed by atoms with Crippen LogP contribution >= 0.6 is 11.3 Å². The fourth-order valence-electron chi connectivity index (χ4n) is 3.12. The van der Waals surface area contributed by atoms with E-state index in [1.807, 2.05) is 24.3 Å². The monoisotopic (exact) mass is 412 g/mol. The van der Waals surface area contributed by atoms with Gasteiger partial charge in [-0.05, 0) is 29.1 Å². The Hall–Kier alpha value is -3.66. The summed E-state index contributed by atoms with van der Waals surface area (Å²) in [6, 6.07) is 9.21. The van der Waals surface area contributed by atoms with Gasteiger partial charge in [-0.25, -0.2) is 9.48 Å². The second kappa shape index (κ2) is 7.40. The standard InChI is InChI=1S/C19H16N4O5S/c1-28-13-4-2-3-11(7-13)8-22-9-12(20-21-22)10-23-14-5-6-29-17(14)15(19(26)27)16(24)18(23)25/h2-7,9,24H,8,10H2,1H3,(H,26,27). The highest BCUT2D eigenvalue weighted by atomic mass is 32.1. The fraction of sp³-hybridized carbons (Fsp3) is 0.158. The van der Waals surface area contributed by atoms with Crippen LogP contribution in [0.1, 0.15) is 21.6 Å². The lowest BCUT2D eigenvalue weighted by Crippen LogP contribution is -2.23. The molecule has 0 spiro atoms. The van der Waals surface area contributed by atoms with E-state index >= 15 is 0 Å². The number of hydrogen-bond acceptors (Lipinski definition) is 7. The highest BCUT2D eigenvalue weighted by molar-refractivity contribution is 7.17. The molecular formula is C19H16N4O5S. The predicted octanol–water partition coefficient (Wildman–Crippen LogP) is 2.16. The summed E-state index contributed by atoms with van der Waals surface area (Å²) in [7, 11) is 1.60. The number of carbonyl (C=O) groups is 1. The number of ether oxygens (including phenoxy) is 1. The number of nitrogens with zero attached hydrogens (tertiary/aromatic N) is 4. The van der Waals surface area contributed by atoms with Crippen LogP contribution in [0, 0.1) is 0 Å². The molecule has 0 saturated carbocycles. The summed E-state index contributed by atoms with van der Waals surface area (Å²) in [5.74, 6) is -1.39. The van der Waals surface area contributed by atoms with Gasteiger partial charge in [-0.3, -0.25) is 9.36 Å². The number of carboxylic acid groups (broad SMARTS) is 1. The summed E-state index contributed by atoms with van der Waals surface area (Å²) in [5.41, 5.74) is 0.748. The molecule has 0 radical (unpaired) electrons. The Balaban J connectivity index is 1.66. The highest BCUT2D eigenvalue weighted by Crippen LogP contribution is 2.29. The van der Waals surface area contributed by atoms with E-state index in [0.717, 1.165) is 22.6 Å². The van der Waals surface area contributed by atoms with Crippen molar-refractivity contribution in [1.29, 1.82) is 0 Å². The molecule has 4 rings (SSSR count). The van der Waals surface area contributed by atoms with Gasteiger partial charge in [0.2, 0.25) is 0 Å². The van der Waals surface area contributed by atoms with Crippen LogP contribution in [0.25, 0.3) is 10.2 Å². The molecule has 2 N–H and O–H groups in total. The number of rotatable bonds is 6. The molecule has 9 nitrogen and oxygen atoms in total. The molecular weight excluding hydrogens is 396 g/mol. The van der Waals surface area contributed by atoms with Gasteiger partial charge < -0.3 is 14.9 Å². The van der Waals surface area contributed by atoms with Crippen molar-refractivity contribution >= 4 is 27.5 Å². The Kier molecular flexibility index (Phi) is 4.77. The third kappa shape index (κ3) is 3.45. The number of aromatic nitrogens is 4. The lowest BCUT2D eigenvalue weighted by Gasteiger charge is -2.09. The van der Waals surface area contributed by atoms with Crippen LogP contribution in [-0.4, -0.2) is 42.9 Å². The largest absolute Gasteiger partial charge is 0.502 e. The minimum Gasteiger partial charge on any atom is -0.502 e. The van der Waals surface area contributed by atoms with Crippen molar-refractivity contribution in [3.63, 3.8) is 0 Å². The summed E-state index contributed by atoms with van der Waals surface area (Å²) < 4.78 is 8.47. The maximum Gasteiger partial charge on any atom is 0.341 e. The molecule has 3 aromatic heterocycles. The van der Waals surface area contributed by atoms with Crippen molar-refractivity contribution in [1.82, 2.24) is 19.6 Å². The molecule has 10 heteroatoms. The average Bonchev–Trinajstić information content (AvgIpc) is 3.35. The summed E-state index contributed by atoms with van der Waals surface area (Å²) in [6.45, 7) is 0.522. The Morgan fingerprint density at radius 1 is 1.28 bits per heavy atom. The zero-order valence-corrected chi connectivity index (χ0v) is 16.1. The molecule has 0 bridgehead atoms. The minimum atomic E-state index is -1.34. The quantitative estimate of drug-likeness (QED) is 0.498. The van der Waals surface area contributed by atoms with Gasteiger partial charge in [0.25, 0.3) is 5.56 Å². The molecule has 0 aliphatic heterocycles. The van der Waals surface area contributed by atoms with Crippen LogP contribution in [-0.2, 0) is 13.1 Å². The lowest BCUT2D eigenvalue weighted by atomic mass is 10.2. The number of hydrogen-bond donors (Lipinski definition) is 2. The smallest absolute Gasteiger partial charge is 0.341 e. The predicted molar refractivity (Wildman–Crippen MR) is 106 cm³/mol. The van der Waals surface area contributed by atoms with Crippen molar-refractivity contribution in [3.05, 3.63) is 69.1 Å².